The Labute approximate surface area is 126 Å². The number of rotatable bonds is 4. The van der Waals surface area contributed by atoms with Crippen LogP contribution in [0.25, 0.3) is 0 Å². The molecule has 4 heteroatoms. The highest BCUT2D eigenvalue weighted by Crippen LogP contribution is 2.39. The van der Waals surface area contributed by atoms with E-state index in [1.807, 2.05) is 6.92 Å². The molecule has 1 amide bonds. The molecule has 1 heterocycles. The third kappa shape index (κ3) is 3.04. The van der Waals surface area contributed by atoms with E-state index in [0.717, 1.165) is 35.5 Å². The van der Waals surface area contributed by atoms with Crippen LogP contribution in [0.3, 0.4) is 0 Å². The minimum Gasteiger partial charge on any atom is -0.369 e. The second-order valence-corrected chi connectivity index (χ2v) is 7.47. The highest BCUT2D eigenvalue weighted by Gasteiger charge is 2.36. The fourth-order valence-corrected chi connectivity index (χ4v) is 3.41. The number of carbonyl (C=O) groups excluding carboxylic acids is 2. The van der Waals surface area contributed by atoms with Crippen LogP contribution in [-0.2, 0) is 24.2 Å². The van der Waals surface area contributed by atoms with Crippen LogP contribution >= 0.6 is 0 Å². The summed E-state index contributed by atoms with van der Waals surface area (Å²) in [6, 6.07) is 0. The van der Waals surface area contributed by atoms with Crippen LogP contribution in [0, 0.1) is 18.3 Å². The molecule has 0 atom stereocenters. The Hall–Kier alpha value is -1.58. The highest BCUT2D eigenvalue weighted by molar-refractivity contribution is 6.01. The summed E-state index contributed by atoms with van der Waals surface area (Å²) in [6.07, 6.45) is 1.57. The number of nitrogens with two attached hydrogens (primary N) is 1. The quantitative estimate of drug-likeness (QED) is 0.926. The van der Waals surface area contributed by atoms with E-state index < -0.39 is 0 Å². The van der Waals surface area contributed by atoms with Gasteiger partial charge in [0, 0.05) is 29.9 Å². The molecule has 116 valence electrons. The summed E-state index contributed by atoms with van der Waals surface area (Å²) in [7, 11) is 0. The average molecular weight is 290 g/mol. The molecule has 21 heavy (non-hydrogen) atoms. The second kappa shape index (κ2) is 5.32. The molecular weight excluding hydrogens is 264 g/mol. The maximum atomic E-state index is 12.6. The molecule has 0 aliphatic heterocycles. The first-order chi connectivity index (χ1) is 9.62. The van der Waals surface area contributed by atoms with Gasteiger partial charge in [-0.2, -0.15) is 0 Å². The molecule has 0 unspecified atom stereocenters. The topological polar surface area (TPSA) is 65.1 Å². The fourth-order valence-electron chi connectivity index (χ4n) is 3.41. The Bertz CT molecular complexity index is 594. The van der Waals surface area contributed by atoms with Crippen molar-refractivity contribution in [3.05, 3.63) is 22.5 Å². The van der Waals surface area contributed by atoms with Crippen LogP contribution in [-0.4, -0.2) is 16.3 Å². The summed E-state index contributed by atoms with van der Waals surface area (Å²) in [5.41, 5.74) is 9.09. The van der Waals surface area contributed by atoms with Gasteiger partial charge in [-0.05, 0) is 30.2 Å². The third-order valence-electron chi connectivity index (χ3n) is 4.22. The number of amides is 1. The molecule has 1 aromatic rings. The van der Waals surface area contributed by atoms with Crippen LogP contribution in [0.1, 0.15) is 61.4 Å². The molecule has 0 saturated heterocycles. The lowest BCUT2D eigenvalue weighted by atomic mass is 9.75. The lowest BCUT2D eigenvalue weighted by molar-refractivity contribution is -0.117. The first kappa shape index (κ1) is 15.8. The summed E-state index contributed by atoms with van der Waals surface area (Å²) >= 11 is 0. The molecule has 1 aromatic heterocycles. The Balaban J connectivity index is 2.62. The normalized spacial score (nSPS) is 17.1. The van der Waals surface area contributed by atoms with Gasteiger partial charge in [0.15, 0.2) is 5.78 Å². The van der Waals surface area contributed by atoms with Crippen molar-refractivity contribution in [3.63, 3.8) is 0 Å². The number of nitrogens with zero attached hydrogens (tertiary/aromatic N) is 1. The number of carbonyl (C=O) groups is 2. The Morgan fingerprint density at radius 3 is 2.48 bits per heavy atom. The molecule has 0 radical (unpaired) electrons. The van der Waals surface area contributed by atoms with Crippen molar-refractivity contribution in [3.8, 4) is 0 Å². The largest absolute Gasteiger partial charge is 0.369 e. The molecule has 2 rings (SSSR count). The van der Waals surface area contributed by atoms with E-state index in [9.17, 15) is 9.59 Å². The molecule has 0 spiro atoms. The van der Waals surface area contributed by atoms with Crippen LogP contribution < -0.4 is 5.73 Å². The van der Waals surface area contributed by atoms with Crippen LogP contribution in [0.15, 0.2) is 0 Å². The molecular formula is C17H26N2O2. The van der Waals surface area contributed by atoms with Gasteiger partial charge in [-0.25, -0.2) is 0 Å². The van der Waals surface area contributed by atoms with Gasteiger partial charge < -0.3 is 10.3 Å². The Kier molecular flexibility index (Phi) is 4.00. The van der Waals surface area contributed by atoms with Gasteiger partial charge in [-0.3, -0.25) is 9.59 Å². The maximum absolute atomic E-state index is 12.6. The third-order valence-corrected chi connectivity index (χ3v) is 4.22. The Morgan fingerprint density at radius 1 is 1.33 bits per heavy atom. The second-order valence-electron chi connectivity index (χ2n) is 7.47. The number of Topliss-reactive ketones (excluding diaryl/α,β-unsaturated/α-hetero) is 1. The van der Waals surface area contributed by atoms with Gasteiger partial charge in [-0.1, -0.05) is 27.7 Å². The Morgan fingerprint density at radius 2 is 1.95 bits per heavy atom. The summed E-state index contributed by atoms with van der Waals surface area (Å²) < 4.78 is 2.23. The fraction of sp³-hybridized carbons (Fsp3) is 0.647. The highest BCUT2D eigenvalue weighted by atomic mass is 16.1. The van der Waals surface area contributed by atoms with E-state index in [4.69, 9.17) is 5.73 Å². The summed E-state index contributed by atoms with van der Waals surface area (Å²) in [5.74, 6) is 0.269. The first-order valence-corrected chi connectivity index (χ1v) is 7.64. The standard InChI is InChI=1S/C17H26N2O2/c1-10(2)9-19-11(3)12(6-15(18)21)16-13(19)7-17(4,5)8-14(16)20/h10H,6-9H2,1-5H3,(H2,18,21). The van der Waals surface area contributed by atoms with Crippen LogP contribution in [0.2, 0.25) is 0 Å². The van der Waals surface area contributed by atoms with Gasteiger partial charge in [0.2, 0.25) is 5.91 Å². The molecule has 2 N–H and O–H groups in total. The summed E-state index contributed by atoms with van der Waals surface area (Å²) in [5, 5.41) is 0. The number of ketones is 1. The van der Waals surface area contributed by atoms with Crippen LogP contribution in [0.4, 0.5) is 0 Å². The zero-order valence-electron chi connectivity index (χ0n) is 13.7. The smallest absolute Gasteiger partial charge is 0.221 e. The van der Waals surface area contributed by atoms with Crippen molar-refractivity contribution < 1.29 is 9.59 Å². The van der Waals surface area contributed by atoms with Crippen LogP contribution in [0.5, 0.6) is 0 Å². The van der Waals surface area contributed by atoms with E-state index in [1.165, 1.54) is 0 Å². The van der Waals surface area contributed by atoms with Gasteiger partial charge in [0.05, 0.1) is 6.42 Å². The molecule has 1 aliphatic rings. The molecule has 0 fully saturated rings. The maximum Gasteiger partial charge on any atom is 0.221 e. The minimum atomic E-state index is -0.375. The van der Waals surface area contributed by atoms with E-state index in [1.54, 1.807) is 0 Å². The van der Waals surface area contributed by atoms with E-state index in [2.05, 4.69) is 32.3 Å². The predicted octanol–water partition coefficient (Wildman–Crippen LogP) is 2.64. The lowest BCUT2D eigenvalue weighted by Crippen LogP contribution is -2.29. The predicted molar refractivity (Wildman–Crippen MR) is 83.3 cm³/mol. The van der Waals surface area contributed by atoms with Crippen molar-refractivity contribution in [2.45, 2.75) is 60.4 Å². The number of primary amides is 1. The number of hydrogen-bond acceptors (Lipinski definition) is 2. The van der Waals surface area contributed by atoms with Crippen molar-refractivity contribution >= 4 is 11.7 Å². The minimum absolute atomic E-state index is 0.0202. The van der Waals surface area contributed by atoms with Crippen molar-refractivity contribution in [2.75, 3.05) is 0 Å². The first-order valence-electron chi connectivity index (χ1n) is 7.64. The van der Waals surface area contributed by atoms with Gasteiger partial charge in [-0.15, -0.1) is 0 Å². The molecule has 0 saturated carbocycles. The zero-order valence-corrected chi connectivity index (χ0v) is 13.7. The number of aromatic nitrogens is 1. The van der Waals surface area contributed by atoms with E-state index in [-0.39, 0.29) is 23.5 Å². The molecule has 4 nitrogen and oxygen atoms in total. The van der Waals surface area contributed by atoms with E-state index in [0.29, 0.717) is 12.3 Å². The van der Waals surface area contributed by atoms with Gasteiger partial charge >= 0.3 is 0 Å². The van der Waals surface area contributed by atoms with Crippen molar-refractivity contribution in [2.24, 2.45) is 17.1 Å². The zero-order chi connectivity index (χ0) is 15.9. The summed E-state index contributed by atoms with van der Waals surface area (Å²) in [6.45, 7) is 11.5. The van der Waals surface area contributed by atoms with Gasteiger partial charge in [0.25, 0.3) is 0 Å². The van der Waals surface area contributed by atoms with E-state index >= 15 is 0 Å². The SMILES string of the molecule is Cc1c(CC(N)=O)c2c(n1CC(C)C)CC(C)(C)CC2=O. The monoisotopic (exact) mass is 290 g/mol. The van der Waals surface area contributed by atoms with Crippen molar-refractivity contribution in [1.29, 1.82) is 0 Å². The average Bonchev–Trinajstić information content (AvgIpc) is 2.52. The number of hydrogen-bond donors (Lipinski definition) is 1. The van der Waals surface area contributed by atoms with Gasteiger partial charge in [0.1, 0.15) is 0 Å². The molecule has 0 aromatic carbocycles. The lowest BCUT2D eigenvalue weighted by Gasteiger charge is -2.30. The molecule has 1 aliphatic carbocycles. The van der Waals surface area contributed by atoms with Crippen molar-refractivity contribution in [1.82, 2.24) is 4.57 Å². The number of fused-ring (bicyclic) bond motifs is 1. The molecule has 0 bridgehead atoms. The summed E-state index contributed by atoms with van der Waals surface area (Å²) in [4.78, 5) is 24.0.